The Morgan fingerprint density at radius 3 is 2.33 bits per heavy atom. The fourth-order valence-electron chi connectivity index (χ4n) is 3.76. The minimum Gasteiger partial charge on any atom is -0.495 e. The van der Waals surface area contributed by atoms with Crippen LogP contribution in [0.15, 0.2) is 36.4 Å². The van der Waals surface area contributed by atoms with Crippen LogP contribution in [0.5, 0.6) is 5.75 Å². The summed E-state index contributed by atoms with van der Waals surface area (Å²) in [5.41, 5.74) is 0.0302. The first-order valence-electron chi connectivity index (χ1n) is 10.6. The lowest BCUT2D eigenvalue weighted by Crippen LogP contribution is -2.45. The lowest BCUT2D eigenvalue weighted by Gasteiger charge is -2.37. The molecule has 2 amide bonds. The Labute approximate surface area is 203 Å². The fourth-order valence-corrected chi connectivity index (χ4v) is 4.35. The zero-order valence-electron chi connectivity index (χ0n) is 19.1. The van der Waals surface area contributed by atoms with Crippen molar-refractivity contribution in [1.29, 1.82) is 0 Å². The molecule has 1 aliphatic rings. The zero-order valence-corrected chi connectivity index (χ0v) is 20.6. The number of rotatable bonds is 5. The number of nitrogens with one attached hydrogen (secondary N) is 2. The highest BCUT2D eigenvalue weighted by Crippen LogP contribution is 2.41. The van der Waals surface area contributed by atoms with E-state index >= 15 is 0 Å². The normalized spacial score (nSPS) is 15.5. The molecule has 0 unspecified atom stereocenters. The topological polar surface area (TPSA) is 85.9 Å². The average Bonchev–Trinajstić information content (AvgIpc) is 2.73. The second-order valence-electron chi connectivity index (χ2n) is 8.81. The third-order valence-corrected chi connectivity index (χ3v) is 5.87. The number of hydrogen-bond donors (Lipinski definition) is 2. The predicted molar refractivity (Wildman–Crippen MR) is 130 cm³/mol. The monoisotopic (exact) mass is 494 g/mol. The van der Waals surface area contributed by atoms with Crippen molar-refractivity contribution in [2.75, 3.05) is 31.0 Å². The van der Waals surface area contributed by atoms with Gasteiger partial charge in [0.1, 0.15) is 11.4 Å². The Bertz CT molecular complexity index is 1030. The molecule has 9 heteroatoms. The molecule has 2 aromatic carbocycles. The minimum absolute atomic E-state index is 0.219. The van der Waals surface area contributed by atoms with E-state index in [1.807, 2.05) is 0 Å². The Hall–Kier alpha value is -2.48. The summed E-state index contributed by atoms with van der Waals surface area (Å²) in [5.74, 6) is 0.212. The fraction of sp³-hybridized carbons (Fsp3) is 0.417. The third-order valence-electron chi connectivity index (χ3n) is 5.32. The maximum atomic E-state index is 13.6. The van der Waals surface area contributed by atoms with Gasteiger partial charge in [0.15, 0.2) is 0 Å². The Morgan fingerprint density at radius 2 is 1.73 bits per heavy atom. The molecule has 178 valence electrons. The van der Waals surface area contributed by atoms with Gasteiger partial charge in [-0.25, -0.2) is 4.79 Å². The van der Waals surface area contributed by atoms with Crippen LogP contribution in [0.3, 0.4) is 0 Å². The van der Waals surface area contributed by atoms with E-state index in [1.54, 1.807) is 57.2 Å². The van der Waals surface area contributed by atoms with E-state index in [0.29, 0.717) is 58.8 Å². The number of carbonyl (C=O) groups excluding carboxylic acids is 2. The summed E-state index contributed by atoms with van der Waals surface area (Å²) in [6.07, 6.45) is 0.316. The van der Waals surface area contributed by atoms with Gasteiger partial charge in [0.25, 0.3) is 0 Å². The number of carbonyl (C=O) groups is 2. The molecule has 3 rings (SSSR count). The molecule has 2 aromatic rings. The van der Waals surface area contributed by atoms with Crippen molar-refractivity contribution < 1.29 is 23.8 Å². The summed E-state index contributed by atoms with van der Waals surface area (Å²) in [6.45, 7) is 6.18. The molecule has 0 saturated carbocycles. The summed E-state index contributed by atoms with van der Waals surface area (Å²) in [7, 11) is 1.49. The number of ether oxygens (including phenoxy) is 3. The van der Waals surface area contributed by atoms with E-state index in [9.17, 15) is 9.59 Å². The van der Waals surface area contributed by atoms with Crippen molar-refractivity contribution in [2.45, 2.75) is 44.6 Å². The van der Waals surface area contributed by atoms with Crippen molar-refractivity contribution >= 4 is 46.6 Å². The van der Waals surface area contributed by atoms with Gasteiger partial charge < -0.3 is 19.5 Å². The first-order chi connectivity index (χ1) is 15.5. The van der Waals surface area contributed by atoms with Crippen molar-refractivity contribution in [3.05, 3.63) is 52.0 Å². The maximum Gasteiger partial charge on any atom is 0.412 e. The number of benzene rings is 2. The summed E-state index contributed by atoms with van der Waals surface area (Å²) < 4.78 is 16.2. The molecule has 0 atom stereocenters. The molecular formula is C24H28Cl2N2O5. The van der Waals surface area contributed by atoms with Gasteiger partial charge in [0, 0.05) is 28.9 Å². The minimum atomic E-state index is -0.876. The van der Waals surface area contributed by atoms with E-state index in [1.165, 1.54) is 7.11 Å². The molecule has 1 heterocycles. The van der Waals surface area contributed by atoms with Crippen molar-refractivity contribution in [1.82, 2.24) is 0 Å². The molecule has 7 nitrogen and oxygen atoms in total. The molecule has 1 aliphatic heterocycles. The van der Waals surface area contributed by atoms with E-state index in [4.69, 9.17) is 37.4 Å². The van der Waals surface area contributed by atoms with Crippen LogP contribution in [0.2, 0.25) is 10.0 Å². The highest BCUT2D eigenvalue weighted by Gasteiger charge is 2.43. The van der Waals surface area contributed by atoms with E-state index in [2.05, 4.69) is 10.6 Å². The Morgan fingerprint density at radius 1 is 1.03 bits per heavy atom. The number of methoxy groups -OCH3 is 1. The van der Waals surface area contributed by atoms with E-state index < -0.39 is 17.1 Å². The number of halogens is 2. The molecule has 0 bridgehead atoms. The molecule has 0 aromatic heterocycles. The van der Waals surface area contributed by atoms with Crippen LogP contribution in [-0.2, 0) is 19.7 Å². The van der Waals surface area contributed by atoms with E-state index in [0.717, 1.165) is 0 Å². The summed E-state index contributed by atoms with van der Waals surface area (Å²) in [5, 5.41) is 6.58. The number of amides is 2. The molecule has 1 saturated heterocycles. The van der Waals surface area contributed by atoms with Gasteiger partial charge in [-0.3, -0.25) is 10.1 Å². The molecule has 1 fully saturated rings. The van der Waals surface area contributed by atoms with Crippen molar-refractivity contribution in [2.24, 2.45) is 0 Å². The van der Waals surface area contributed by atoms with Crippen LogP contribution in [0, 0.1) is 0 Å². The first kappa shape index (κ1) is 25.1. The molecular weight excluding hydrogens is 467 g/mol. The first-order valence-corrected chi connectivity index (χ1v) is 11.3. The van der Waals surface area contributed by atoms with Crippen LogP contribution in [0.25, 0.3) is 0 Å². The number of anilines is 2. The quantitative estimate of drug-likeness (QED) is 0.529. The van der Waals surface area contributed by atoms with Crippen LogP contribution in [0.1, 0.15) is 39.2 Å². The second kappa shape index (κ2) is 10.2. The van der Waals surface area contributed by atoms with Crippen LogP contribution < -0.4 is 15.4 Å². The lowest BCUT2D eigenvalue weighted by molar-refractivity contribution is -0.125. The van der Waals surface area contributed by atoms with Gasteiger partial charge in [-0.2, -0.15) is 0 Å². The third kappa shape index (κ3) is 6.10. The largest absolute Gasteiger partial charge is 0.495 e. The van der Waals surface area contributed by atoms with E-state index in [-0.39, 0.29) is 5.91 Å². The highest BCUT2D eigenvalue weighted by atomic mass is 35.5. The van der Waals surface area contributed by atoms with Gasteiger partial charge in [0.05, 0.1) is 18.2 Å². The summed E-state index contributed by atoms with van der Waals surface area (Å²) in [4.78, 5) is 25.9. The smallest absolute Gasteiger partial charge is 0.412 e. The van der Waals surface area contributed by atoms with Crippen LogP contribution >= 0.6 is 23.2 Å². The number of hydrogen-bond acceptors (Lipinski definition) is 5. The standard InChI is InChI=1S/C24H28Cl2N2O5/c1-23(2,3)33-22(30)28-19-14-16(6-8-20(19)31-4)27-21(29)24(9-11-32-12-10-24)17-7-5-15(25)13-18(17)26/h5-8,13-14H,9-12H2,1-4H3,(H,27,29)(H,28,30). The van der Waals surface area contributed by atoms with Crippen LogP contribution in [0.4, 0.5) is 16.2 Å². The van der Waals surface area contributed by atoms with Gasteiger partial charge in [-0.15, -0.1) is 0 Å². The predicted octanol–water partition coefficient (Wildman–Crippen LogP) is 6.04. The van der Waals surface area contributed by atoms with Gasteiger partial charge in [-0.05, 0) is 69.5 Å². The molecule has 33 heavy (non-hydrogen) atoms. The second-order valence-corrected chi connectivity index (χ2v) is 9.66. The maximum absolute atomic E-state index is 13.6. The molecule has 2 N–H and O–H groups in total. The Balaban J connectivity index is 1.89. The highest BCUT2D eigenvalue weighted by molar-refractivity contribution is 6.35. The molecule has 0 radical (unpaired) electrons. The average molecular weight is 495 g/mol. The van der Waals surface area contributed by atoms with Gasteiger partial charge in [-0.1, -0.05) is 29.3 Å². The van der Waals surface area contributed by atoms with Gasteiger partial charge in [0.2, 0.25) is 5.91 Å². The molecule has 0 spiro atoms. The van der Waals surface area contributed by atoms with Gasteiger partial charge >= 0.3 is 6.09 Å². The summed E-state index contributed by atoms with van der Waals surface area (Å²) >= 11 is 12.6. The SMILES string of the molecule is COc1ccc(NC(=O)C2(c3ccc(Cl)cc3Cl)CCOCC2)cc1NC(=O)OC(C)(C)C. The lowest BCUT2D eigenvalue weighted by atomic mass is 9.73. The van der Waals surface area contributed by atoms with Crippen molar-refractivity contribution in [3.8, 4) is 5.75 Å². The van der Waals surface area contributed by atoms with Crippen LogP contribution in [-0.4, -0.2) is 37.9 Å². The summed E-state index contributed by atoms with van der Waals surface area (Å²) in [6, 6.07) is 10.1. The zero-order chi connectivity index (χ0) is 24.2. The molecule has 0 aliphatic carbocycles. The van der Waals surface area contributed by atoms with Crippen molar-refractivity contribution in [3.63, 3.8) is 0 Å². The Kier molecular flexibility index (Phi) is 7.77.